The van der Waals surface area contributed by atoms with Crippen molar-refractivity contribution in [3.05, 3.63) is 52.3 Å². The van der Waals surface area contributed by atoms with Crippen molar-refractivity contribution in [2.75, 3.05) is 36.0 Å². The van der Waals surface area contributed by atoms with E-state index in [1.165, 1.54) is 18.4 Å². The smallest absolute Gasteiger partial charge is 0.254 e. The van der Waals surface area contributed by atoms with Gasteiger partial charge >= 0.3 is 0 Å². The molecule has 2 aromatic rings. The molecule has 1 N–H and O–H groups in total. The Morgan fingerprint density at radius 1 is 1.18 bits per heavy atom. The minimum Gasteiger partial charge on any atom is -0.375 e. The standard InChI is InChI=1S/C22H30N4O2/c1-17-16-25(12-13-28-17)20-15-21(27)24-22(23-20)26-11-7-3-6-10-19(26)14-18-8-4-2-5-9-18/h2,4-5,8-9,15,17,19H,3,6-7,10-14,16H2,1H3,(H,23,24,27)/t17-,19-/m1/s1. The van der Waals surface area contributed by atoms with Gasteiger partial charge in [-0.05, 0) is 31.7 Å². The summed E-state index contributed by atoms with van der Waals surface area (Å²) < 4.78 is 5.64. The first kappa shape index (κ1) is 19.0. The summed E-state index contributed by atoms with van der Waals surface area (Å²) in [7, 11) is 0. The number of nitrogens with one attached hydrogen (secondary N) is 1. The molecule has 3 heterocycles. The van der Waals surface area contributed by atoms with E-state index in [1.54, 1.807) is 6.07 Å². The summed E-state index contributed by atoms with van der Waals surface area (Å²) in [5.41, 5.74) is 1.25. The van der Waals surface area contributed by atoms with Crippen molar-refractivity contribution < 1.29 is 4.74 Å². The Bertz CT molecular complexity index is 823. The normalized spacial score (nSPS) is 23.5. The maximum atomic E-state index is 12.4. The number of rotatable bonds is 4. The van der Waals surface area contributed by atoms with E-state index in [0.717, 1.165) is 44.7 Å². The lowest BCUT2D eigenvalue weighted by Crippen LogP contribution is -2.43. The van der Waals surface area contributed by atoms with Gasteiger partial charge in [-0.15, -0.1) is 0 Å². The third-order valence-electron chi connectivity index (χ3n) is 5.74. The lowest BCUT2D eigenvalue weighted by Gasteiger charge is -2.34. The van der Waals surface area contributed by atoms with Gasteiger partial charge in [0.25, 0.3) is 5.56 Å². The van der Waals surface area contributed by atoms with Gasteiger partial charge in [0, 0.05) is 31.7 Å². The Balaban J connectivity index is 1.61. The second-order valence-electron chi connectivity index (χ2n) is 7.94. The van der Waals surface area contributed by atoms with Crippen molar-refractivity contribution >= 4 is 11.8 Å². The van der Waals surface area contributed by atoms with Crippen LogP contribution in [0.15, 0.2) is 41.2 Å². The van der Waals surface area contributed by atoms with Crippen LogP contribution in [0.1, 0.15) is 38.2 Å². The summed E-state index contributed by atoms with van der Waals surface area (Å²) in [5, 5.41) is 0. The van der Waals surface area contributed by atoms with Crippen LogP contribution in [0.25, 0.3) is 0 Å². The van der Waals surface area contributed by atoms with E-state index >= 15 is 0 Å². The molecule has 0 saturated carbocycles. The Kier molecular flexibility index (Phi) is 5.95. The summed E-state index contributed by atoms with van der Waals surface area (Å²) >= 11 is 0. The van der Waals surface area contributed by atoms with E-state index in [2.05, 4.69) is 52.0 Å². The number of aromatic nitrogens is 2. The molecule has 6 nitrogen and oxygen atoms in total. The molecule has 0 radical (unpaired) electrons. The number of hydrogen-bond donors (Lipinski definition) is 1. The SMILES string of the molecule is C[C@@H]1CN(c2cc(=O)[nH]c(N3CCCCC[C@@H]3Cc3ccccc3)n2)CCO1. The summed E-state index contributed by atoms with van der Waals surface area (Å²) in [5.74, 6) is 1.47. The number of aromatic amines is 1. The molecule has 2 aliphatic heterocycles. The second-order valence-corrected chi connectivity index (χ2v) is 7.94. The van der Waals surface area contributed by atoms with Gasteiger partial charge in [0.15, 0.2) is 0 Å². The average Bonchev–Trinajstić information content (AvgIpc) is 2.94. The highest BCUT2D eigenvalue weighted by Gasteiger charge is 2.25. The second kappa shape index (κ2) is 8.78. The fourth-order valence-corrected chi connectivity index (χ4v) is 4.31. The first-order valence-corrected chi connectivity index (χ1v) is 10.5. The van der Waals surface area contributed by atoms with E-state index in [1.807, 2.05) is 0 Å². The molecular weight excluding hydrogens is 352 g/mol. The van der Waals surface area contributed by atoms with Gasteiger partial charge in [-0.2, -0.15) is 4.98 Å². The number of ether oxygens (including phenoxy) is 1. The van der Waals surface area contributed by atoms with E-state index in [4.69, 9.17) is 9.72 Å². The van der Waals surface area contributed by atoms with Crippen LogP contribution >= 0.6 is 0 Å². The third kappa shape index (κ3) is 4.55. The maximum Gasteiger partial charge on any atom is 0.254 e. The van der Waals surface area contributed by atoms with Gasteiger partial charge in [0.05, 0.1) is 12.7 Å². The quantitative estimate of drug-likeness (QED) is 0.881. The number of hydrogen-bond acceptors (Lipinski definition) is 5. The summed E-state index contributed by atoms with van der Waals surface area (Å²) in [4.78, 5) is 24.8. The van der Waals surface area contributed by atoms with Crippen molar-refractivity contribution in [1.82, 2.24) is 9.97 Å². The lowest BCUT2D eigenvalue weighted by molar-refractivity contribution is 0.0529. The Morgan fingerprint density at radius 3 is 2.86 bits per heavy atom. The first-order chi connectivity index (χ1) is 13.7. The minimum atomic E-state index is -0.0816. The molecule has 0 spiro atoms. The van der Waals surface area contributed by atoms with Gasteiger partial charge in [-0.1, -0.05) is 43.2 Å². The molecular formula is C22H30N4O2. The molecule has 0 aliphatic carbocycles. The molecule has 150 valence electrons. The molecule has 2 fully saturated rings. The van der Waals surface area contributed by atoms with Gasteiger partial charge in [0.2, 0.25) is 5.95 Å². The van der Waals surface area contributed by atoms with Crippen LogP contribution in [0.5, 0.6) is 0 Å². The molecule has 2 saturated heterocycles. The lowest BCUT2D eigenvalue weighted by atomic mass is 10.0. The van der Waals surface area contributed by atoms with E-state index in [9.17, 15) is 4.79 Å². The number of morpholine rings is 1. The molecule has 1 aromatic heterocycles. The monoisotopic (exact) mass is 382 g/mol. The van der Waals surface area contributed by atoms with Crippen LogP contribution in [0.4, 0.5) is 11.8 Å². The molecule has 4 rings (SSSR count). The molecule has 0 amide bonds. The van der Waals surface area contributed by atoms with Crippen LogP contribution in [0.3, 0.4) is 0 Å². The number of anilines is 2. The highest BCUT2D eigenvalue weighted by Crippen LogP contribution is 2.25. The number of nitrogens with zero attached hydrogens (tertiary/aromatic N) is 3. The molecule has 1 aromatic carbocycles. The fourth-order valence-electron chi connectivity index (χ4n) is 4.31. The molecule has 0 bridgehead atoms. The largest absolute Gasteiger partial charge is 0.375 e. The van der Waals surface area contributed by atoms with Crippen LogP contribution in [-0.4, -0.2) is 48.4 Å². The van der Waals surface area contributed by atoms with Crippen molar-refractivity contribution in [3.8, 4) is 0 Å². The zero-order valence-corrected chi connectivity index (χ0v) is 16.6. The minimum absolute atomic E-state index is 0.0816. The average molecular weight is 383 g/mol. The predicted octanol–water partition coefficient (Wildman–Crippen LogP) is 2.99. The van der Waals surface area contributed by atoms with Crippen LogP contribution in [-0.2, 0) is 11.2 Å². The Labute approximate surface area is 166 Å². The summed E-state index contributed by atoms with van der Waals surface area (Å²) in [6.07, 6.45) is 5.84. The molecule has 6 heteroatoms. The van der Waals surface area contributed by atoms with Crippen molar-refractivity contribution in [3.63, 3.8) is 0 Å². The predicted molar refractivity (Wildman–Crippen MR) is 112 cm³/mol. The van der Waals surface area contributed by atoms with Crippen LogP contribution in [0, 0.1) is 0 Å². The van der Waals surface area contributed by atoms with Crippen molar-refractivity contribution in [1.29, 1.82) is 0 Å². The molecule has 0 unspecified atom stereocenters. The zero-order chi connectivity index (χ0) is 19.3. The first-order valence-electron chi connectivity index (χ1n) is 10.5. The molecule has 28 heavy (non-hydrogen) atoms. The van der Waals surface area contributed by atoms with Gasteiger partial charge in [0.1, 0.15) is 5.82 Å². The third-order valence-corrected chi connectivity index (χ3v) is 5.74. The van der Waals surface area contributed by atoms with Gasteiger partial charge < -0.3 is 14.5 Å². The molecule has 2 atom stereocenters. The van der Waals surface area contributed by atoms with Crippen LogP contribution < -0.4 is 15.4 Å². The van der Waals surface area contributed by atoms with E-state index in [0.29, 0.717) is 18.6 Å². The number of benzene rings is 1. The maximum absolute atomic E-state index is 12.4. The topological polar surface area (TPSA) is 61.5 Å². The van der Waals surface area contributed by atoms with Gasteiger partial charge in [-0.25, -0.2) is 0 Å². The van der Waals surface area contributed by atoms with Crippen molar-refractivity contribution in [2.45, 2.75) is 51.2 Å². The Morgan fingerprint density at radius 2 is 2.04 bits per heavy atom. The summed E-state index contributed by atoms with van der Waals surface area (Å²) in [6.45, 7) is 5.21. The highest BCUT2D eigenvalue weighted by molar-refractivity contribution is 5.45. The van der Waals surface area contributed by atoms with Crippen molar-refractivity contribution in [2.24, 2.45) is 0 Å². The highest BCUT2D eigenvalue weighted by atomic mass is 16.5. The van der Waals surface area contributed by atoms with Crippen LogP contribution in [0.2, 0.25) is 0 Å². The van der Waals surface area contributed by atoms with E-state index < -0.39 is 0 Å². The van der Waals surface area contributed by atoms with E-state index in [-0.39, 0.29) is 11.7 Å². The summed E-state index contributed by atoms with van der Waals surface area (Å²) in [6, 6.07) is 12.6. The fraction of sp³-hybridized carbons (Fsp3) is 0.545. The Hall–Kier alpha value is -2.34. The van der Waals surface area contributed by atoms with Gasteiger partial charge in [-0.3, -0.25) is 9.78 Å². The number of H-pyrrole nitrogens is 1. The zero-order valence-electron chi connectivity index (χ0n) is 16.6. The molecule has 2 aliphatic rings.